The molecule has 1 heterocycles. The minimum Gasteiger partial charge on any atom is -0.370 e. The van der Waals surface area contributed by atoms with Crippen molar-refractivity contribution in [2.75, 3.05) is 26.2 Å². The van der Waals surface area contributed by atoms with Crippen LogP contribution in [0.25, 0.3) is 0 Å². The van der Waals surface area contributed by atoms with Gasteiger partial charge >= 0.3 is 6.18 Å². The Labute approximate surface area is 148 Å². The molecule has 0 bridgehead atoms. The van der Waals surface area contributed by atoms with Crippen molar-refractivity contribution >= 4 is 29.9 Å². The molecule has 0 unspecified atom stereocenters. The summed E-state index contributed by atoms with van der Waals surface area (Å²) in [6.45, 7) is 6.88. The van der Waals surface area contributed by atoms with E-state index >= 15 is 0 Å². The summed E-state index contributed by atoms with van der Waals surface area (Å²) < 4.78 is 36.9. The van der Waals surface area contributed by atoms with Crippen LogP contribution in [-0.2, 0) is 0 Å². The SMILES string of the molecule is CC(C)(C)NC(N)=NCCC1CCN(CC(F)(F)F)CC1.I. The lowest BCUT2D eigenvalue weighted by atomic mass is 9.93. The van der Waals surface area contributed by atoms with Crippen LogP contribution in [0.3, 0.4) is 0 Å². The van der Waals surface area contributed by atoms with Crippen LogP contribution in [0.15, 0.2) is 4.99 Å². The molecular weight excluding hydrogens is 408 g/mol. The lowest BCUT2D eigenvalue weighted by molar-refractivity contribution is -0.148. The second-order valence-electron chi connectivity index (χ2n) is 6.77. The van der Waals surface area contributed by atoms with E-state index < -0.39 is 12.7 Å². The molecule has 22 heavy (non-hydrogen) atoms. The van der Waals surface area contributed by atoms with Gasteiger partial charge in [-0.05, 0) is 59.0 Å². The van der Waals surface area contributed by atoms with Gasteiger partial charge in [-0.2, -0.15) is 13.2 Å². The molecule has 1 rings (SSSR count). The van der Waals surface area contributed by atoms with Gasteiger partial charge < -0.3 is 11.1 Å². The van der Waals surface area contributed by atoms with Crippen LogP contribution in [0.1, 0.15) is 40.0 Å². The number of aliphatic imine (C=N–C) groups is 1. The van der Waals surface area contributed by atoms with Crippen molar-refractivity contribution in [3.8, 4) is 0 Å². The predicted molar refractivity (Wildman–Crippen MR) is 94.6 cm³/mol. The average Bonchev–Trinajstić information content (AvgIpc) is 2.27. The number of halogens is 4. The van der Waals surface area contributed by atoms with Gasteiger partial charge in [-0.25, -0.2) is 0 Å². The van der Waals surface area contributed by atoms with E-state index in [9.17, 15) is 13.2 Å². The molecule has 0 amide bonds. The van der Waals surface area contributed by atoms with Crippen LogP contribution in [0.4, 0.5) is 13.2 Å². The van der Waals surface area contributed by atoms with Gasteiger partial charge in [-0.15, -0.1) is 24.0 Å². The maximum atomic E-state index is 12.3. The average molecular weight is 436 g/mol. The number of hydrogen-bond acceptors (Lipinski definition) is 2. The van der Waals surface area contributed by atoms with Crippen LogP contribution in [-0.4, -0.2) is 48.8 Å². The fraction of sp³-hybridized carbons (Fsp3) is 0.929. The quantitative estimate of drug-likeness (QED) is 0.405. The van der Waals surface area contributed by atoms with Gasteiger partial charge in [0.2, 0.25) is 0 Å². The second-order valence-corrected chi connectivity index (χ2v) is 6.77. The first-order chi connectivity index (χ1) is 9.55. The number of nitrogens with one attached hydrogen (secondary N) is 1. The Bertz CT molecular complexity index is 345. The third-order valence-corrected chi connectivity index (χ3v) is 3.43. The monoisotopic (exact) mass is 436 g/mol. The molecule has 0 spiro atoms. The van der Waals surface area contributed by atoms with E-state index in [0.717, 1.165) is 19.3 Å². The maximum absolute atomic E-state index is 12.3. The summed E-state index contributed by atoms with van der Waals surface area (Å²) in [4.78, 5) is 5.75. The Morgan fingerprint density at radius 1 is 1.23 bits per heavy atom. The molecule has 0 saturated carbocycles. The van der Waals surface area contributed by atoms with Gasteiger partial charge in [0.05, 0.1) is 6.54 Å². The Hall–Kier alpha value is -0.250. The van der Waals surface area contributed by atoms with E-state index in [4.69, 9.17) is 5.73 Å². The molecule has 0 atom stereocenters. The lowest BCUT2D eigenvalue weighted by Gasteiger charge is -2.32. The van der Waals surface area contributed by atoms with Crippen molar-refractivity contribution in [3.63, 3.8) is 0 Å². The van der Waals surface area contributed by atoms with Crippen molar-refractivity contribution in [2.24, 2.45) is 16.6 Å². The lowest BCUT2D eigenvalue weighted by Crippen LogP contribution is -2.45. The fourth-order valence-corrected chi connectivity index (χ4v) is 2.48. The summed E-state index contributed by atoms with van der Waals surface area (Å²) in [5, 5.41) is 3.08. The fourth-order valence-electron chi connectivity index (χ4n) is 2.48. The number of piperidine rings is 1. The van der Waals surface area contributed by atoms with Gasteiger partial charge in [-0.3, -0.25) is 9.89 Å². The first-order valence-corrected chi connectivity index (χ1v) is 7.42. The van der Waals surface area contributed by atoms with E-state index in [-0.39, 0.29) is 29.5 Å². The molecule has 0 aromatic rings. The number of guanidine groups is 1. The van der Waals surface area contributed by atoms with Crippen molar-refractivity contribution < 1.29 is 13.2 Å². The molecule has 1 fully saturated rings. The Morgan fingerprint density at radius 3 is 2.23 bits per heavy atom. The highest BCUT2D eigenvalue weighted by atomic mass is 127. The molecule has 0 aromatic carbocycles. The highest BCUT2D eigenvalue weighted by Gasteiger charge is 2.32. The zero-order valence-electron chi connectivity index (χ0n) is 13.5. The van der Waals surface area contributed by atoms with E-state index in [1.807, 2.05) is 20.8 Å². The zero-order valence-corrected chi connectivity index (χ0v) is 15.9. The minimum absolute atomic E-state index is 0. The van der Waals surface area contributed by atoms with Crippen molar-refractivity contribution in [1.82, 2.24) is 10.2 Å². The Morgan fingerprint density at radius 2 is 1.77 bits per heavy atom. The zero-order chi connectivity index (χ0) is 16.1. The van der Waals surface area contributed by atoms with Gasteiger partial charge in [0.25, 0.3) is 0 Å². The number of nitrogens with zero attached hydrogens (tertiary/aromatic N) is 2. The summed E-state index contributed by atoms with van der Waals surface area (Å²) in [5.41, 5.74) is 5.66. The standard InChI is InChI=1S/C14H27F3N4.HI/c1-13(2,3)20-12(18)19-7-4-11-5-8-21(9-6-11)10-14(15,16)17;/h11H,4-10H2,1-3H3,(H3,18,19,20);1H. The van der Waals surface area contributed by atoms with Gasteiger partial charge in [0, 0.05) is 12.1 Å². The topological polar surface area (TPSA) is 53.6 Å². The Balaban J connectivity index is 0.00000441. The van der Waals surface area contributed by atoms with Crippen molar-refractivity contribution in [3.05, 3.63) is 0 Å². The van der Waals surface area contributed by atoms with Crippen LogP contribution in [0, 0.1) is 5.92 Å². The predicted octanol–water partition coefficient (Wildman–Crippen LogP) is 2.97. The Kier molecular flexibility index (Phi) is 9.04. The van der Waals surface area contributed by atoms with E-state index in [1.165, 1.54) is 4.90 Å². The molecule has 0 radical (unpaired) electrons. The van der Waals surface area contributed by atoms with E-state index in [0.29, 0.717) is 31.5 Å². The van der Waals surface area contributed by atoms with Gasteiger partial charge in [0.15, 0.2) is 5.96 Å². The molecule has 132 valence electrons. The van der Waals surface area contributed by atoms with Crippen LogP contribution < -0.4 is 11.1 Å². The molecule has 0 aromatic heterocycles. The number of rotatable bonds is 4. The van der Waals surface area contributed by atoms with Crippen LogP contribution in [0.2, 0.25) is 0 Å². The molecule has 0 aliphatic carbocycles. The van der Waals surface area contributed by atoms with Gasteiger partial charge in [0.1, 0.15) is 0 Å². The molecule has 1 saturated heterocycles. The first-order valence-electron chi connectivity index (χ1n) is 7.42. The highest BCUT2D eigenvalue weighted by Crippen LogP contribution is 2.24. The normalized spacial score (nSPS) is 18.9. The maximum Gasteiger partial charge on any atom is 0.401 e. The van der Waals surface area contributed by atoms with Crippen LogP contribution in [0.5, 0.6) is 0 Å². The molecule has 1 aliphatic heterocycles. The number of likely N-dealkylation sites (tertiary alicyclic amines) is 1. The summed E-state index contributed by atoms with van der Waals surface area (Å²) in [5.74, 6) is 0.873. The number of nitrogens with two attached hydrogens (primary N) is 1. The molecule has 1 aliphatic rings. The third kappa shape index (κ3) is 10.5. The molecular formula is C14H28F3IN4. The molecule has 3 N–H and O–H groups in total. The number of alkyl halides is 3. The number of hydrogen-bond donors (Lipinski definition) is 2. The van der Waals surface area contributed by atoms with Crippen molar-refractivity contribution in [2.45, 2.75) is 51.7 Å². The van der Waals surface area contributed by atoms with Crippen molar-refractivity contribution in [1.29, 1.82) is 0 Å². The molecule has 4 nitrogen and oxygen atoms in total. The second kappa shape index (κ2) is 9.14. The first kappa shape index (κ1) is 21.8. The van der Waals surface area contributed by atoms with Gasteiger partial charge in [-0.1, -0.05) is 0 Å². The highest BCUT2D eigenvalue weighted by molar-refractivity contribution is 14.0. The summed E-state index contributed by atoms with van der Waals surface area (Å²) in [7, 11) is 0. The van der Waals surface area contributed by atoms with Crippen LogP contribution >= 0.6 is 24.0 Å². The molecule has 8 heteroatoms. The summed E-state index contributed by atoms with van der Waals surface area (Å²) >= 11 is 0. The van der Waals surface area contributed by atoms with E-state index in [1.54, 1.807) is 0 Å². The third-order valence-electron chi connectivity index (χ3n) is 3.43. The van der Waals surface area contributed by atoms with E-state index in [2.05, 4.69) is 10.3 Å². The smallest absolute Gasteiger partial charge is 0.370 e. The summed E-state index contributed by atoms with van der Waals surface area (Å²) in [6.07, 6.45) is -1.60. The summed E-state index contributed by atoms with van der Waals surface area (Å²) in [6, 6.07) is 0. The largest absolute Gasteiger partial charge is 0.401 e. The minimum atomic E-state index is -4.09.